The van der Waals surface area contributed by atoms with Crippen LogP contribution in [0, 0.1) is 11.3 Å². The number of carbonyl (C=O) groups is 2. The number of ether oxygens (including phenoxy) is 3. The summed E-state index contributed by atoms with van der Waals surface area (Å²) >= 11 is 0. The third kappa shape index (κ3) is 97.5. The van der Waals surface area contributed by atoms with Crippen LogP contribution in [0.1, 0.15) is 16.7 Å². The lowest BCUT2D eigenvalue weighted by molar-refractivity contribution is -0.192. The second kappa shape index (κ2) is 74.1. The van der Waals surface area contributed by atoms with Crippen molar-refractivity contribution >= 4 is 23.4 Å². The minimum Gasteiger partial charge on any atom is -0.493 e. The van der Waals surface area contributed by atoms with E-state index in [1.165, 1.54) is 14.2 Å². The van der Waals surface area contributed by atoms with Crippen LogP contribution in [0.5, 0.6) is 23.1 Å². The highest BCUT2D eigenvalue weighted by atomic mass is 19.4. The smallest absolute Gasteiger partial charge is 0.490 e. The third-order valence-corrected chi connectivity index (χ3v) is 4.20. The number of nitrogen functional groups attached to an aromatic ring is 1. The van der Waals surface area contributed by atoms with E-state index in [-0.39, 0.29) is 100 Å². The number of aromatic nitrogens is 1. The number of methoxy groups -OCH3 is 2. The van der Waals surface area contributed by atoms with E-state index in [4.69, 9.17) is 35.0 Å². The van der Waals surface area contributed by atoms with Gasteiger partial charge in [0.2, 0.25) is 5.88 Å². The van der Waals surface area contributed by atoms with Gasteiger partial charge in [-0.1, -0.05) is 0 Å². The Bertz CT molecular complexity index is 1460. The molecule has 0 amide bonds. The van der Waals surface area contributed by atoms with Gasteiger partial charge in [-0.3, -0.25) is 4.79 Å². The lowest BCUT2D eigenvalue weighted by Gasteiger charge is -2.24. The molecule has 0 bridgehead atoms. The van der Waals surface area contributed by atoms with Gasteiger partial charge in [0.15, 0.2) is 11.5 Å². The highest BCUT2D eigenvalue weighted by Crippen LogP contribution is 2.45. The Labute approximate surface area is 399 Å². The van der Waals surface area contributed by atoms with Gasteiger partial charge in [0, 0.05) is 23.6 Å². The maximum Gasteiger partial charge on any atom is 0.490 e. The molecule has 49 heteroatoms. The second-order valence-corrected chi connectivity index (χ2v) is 8.02. The molecule has 0 radical (unpaired) electrons. The molecule has 0 atom stereocenters. The zero-order valence-corrected chi connectivity index (χ0v) is 36.1. The fourth-order valence-corrected chi connectivity index (χ4v) is 2.77. The minimum atomic E-state index is -5.08. The number of pyridine rings is 1. The van der Waals surface area contributed by atoms with E-state index in [2.05, 4.69) is 10.3 Å². The van der Waals surface area contributed by atoms with Crippen LogP contribution in [0.2, 0.25) is 0 Å². The minimum absolute atomic E-state index is 0. The molecule has 3 rings (SSSR count). The molecule has 1 aliphatic rings. The van der Waals surface area contributed by atoms with Crippen LogP contribution in [-0.2, 0) is 16.0 Å². The van der Waals surface area contributed by atoms with Crippen molar-refractivity contribution < 1.29 is 216 Å². The molecular formula is C26H52F24N4O21. The fraction of sp³-hybridized carbons (Fsp3) is 0.462. The summed E-state index contributed by atoms with van der Waals surface area (Å²) < 4.78 is 251. The van der Waals surface area contributed by atoms with Crippen molar-refractivity contribution in [3.05, 3.63) is 28.8 Å². The van der Waals surface area contributed by atoms with Crippen molar-refractivity contribution in [2.24, 2.45) is 0 Å². The van der Waals surface area contributed by atoms with E-state index >= 15 is 0 Å². The number of rotatable bonds is 5. The standard InChI is InChI=1S/C17H16N4O5.C2HF3O2.7CHF3.14H2O/c1-24-12-4-8-3-9-15(20-7-14(22)23)10(6-18)16(19)21-17(9)26-11(8)5-13(12)25-2;3-2(4,5)1(6)7;7*2-1(3)4;;;;;;;;;;;;;;/h4-5H,3,7H2,1-2H3,(H,22,23)(H3,19,20,21);(H,6,7);7*1H;14*1H2. The molecule has 2 aromatic rings. The van der Waals surface area contributed by atoms with Gasteiger partial charge in [0.05, 0.1) is 19.9 Å². The molecular weight excluding hydrogens is 1160 g/mol. The SMILES string of the molecule is COc1cc2c(cc1OC)Oc1nc(N)c(C#N)c(NCC(=O)O)c1C2.FC(F)F.FC(F)F.FC(F)F.FC(F)F.FC(F)F.FC(F)F.FC(F)F.O.O.O.O.O.O.O.O.O.O.O.O.O.O.O=C(O)C(F)(F)F. The number of fused-ring (bicyclic) bond motifs is 2. The first-order chi connectivity index (χ1) is 27.5. The van der Waals surface area contributed by atoms with Crippen molar-refractivity contribution in [3.63, 3.8) is 0 Å². The van der Waals surface area contributed by atoms with Gasteiger partial charge in [-0.05, 0) is 6.07 Å². The van der Waals surface area contributed by atoms with Gasteiger partial charge in [-0.15, -0.1) is 0 Å². The summed E-state index contributed by atoms with van der Waals surface area (Å²) in [5, 5.41) is 28.2. The number of nitriles is 1. The summed E-state index contributed by atoms with van der Waals surface area (Å²) in [6, 6.07) is 5.40. The summed E-state index contributed by atoms with van der Waals surface area (Å²) in [5.41, 5.74) is 7.56. The number of hydrogen-bond donors (Lipinski definition) is 4. The molecule has 1 aliphatic heterocycles. The molecule has 470 valence electrons. The number of nitrogens with one attached hydrogen (secondary N) is 1. The van der Waals surface area contributed by atoms with Crippen LogP contribution >= 0.6 is 0 Å². The number of carboxylic acids is 2. The number of halogens is 24. The number of hydrogen-bond acceptors (Lipinski definition) is 9. The van der Waals surface area contributed by atoms with Gasteiger partial charge in [-0.25, -0.2) is 4.79 Å². The lowest BCUT2D eigenvalue weighted by atomic mass is 9.98. The summed E-state index contributed by atoms with van der Waals surface area (Å²) in [6.07, 6.45) is -4.73. The number of alkyl halides is 24. The first kappa shape index (κ1) is 133. The number of anilines is 2. The van der Waals surface area contributed by atoms with Crippen molar-refractivity contribution in [1.82, 2.24) is 4.98 Å². The second-order valence-electron chi connectivity index (χ2n) is 8.02. The Morgan fingerprint density at radius 2 is 0.867 bits per heavy atom. The van der Waals surface area contributed by atoms with Crippen LogP contribution in [0.3, 0.4) is 0 Å². The maximum atomic E-state index is 10.9. The molecule has 75 heavy (non-hydrogen) atoms. The van der Waals surface area contributed by atoms with Crippen LogP contribution < -0.4 is 25.3 Å². The van der Waals surface area contributed by atoms with E-state index in [0.717, 1.165) is 5.56 Å². The first-order valence-corrected chi connectivity index (χ1v) is 13.4. The Hall–Kier alpha value is -6.44. The normalized spacial score (nSPS) is 8.37. The highest BCUT2D eigenvalue weighted by Gasteiger charge is 2.38. The largest absolute Gasteiger partial charge is 0.493 e. The maximum absolute atomic E-state index is 10.9. The highest BCUT2D eigenvalue weighted by molar-refractivity contribution is 5.79. The van der Waals surface area contributed by atoms with E-state index < -0.39 is 64.9 Å². The Balaban J connectivity index is -0.0000000292. The van der Waals surface area contributed by atoms with Gasteiger partial charge >= 0.3 is 64.9 Å². The Kier molecular flexibility index (Phi) is 131. The van der Waals surface area contributed by atoms with Crippen molar-refractivity contribution in [1.29, 1.82) is 5.26 Å². The topological polar surface area (TPSA) is 618 Å². The number of nitrogens with two attached hydrogens (primary N) is 1. The van der Waals surface area contributed by atoms with Crippen molar-refractivity contribution in [2.45, 2.75) is 59.4 Å². The number of nitrogens with zero attached hydrogens (tertiary/aromatic N) is 2. The molecule has 25 nitrogen and oxygen atoms in total. The first-order valence-electron chi connectivity index (χ1n) is 13.4. The van der Waals surface area contributed by atoms with Crippen LogP contribution in [0.15, 0.2) is 12.1 Å². The molecule has 1 aromatic carbocycles. The molecule has 2 heterocycles. The Morgan fingerprint density at radius 3 is 1.08 bits per heavy atom. The van der Waals surface area contributed by atoms with Crippen molar-refractivity contribution in [3.8, 4) is 29.2 Å². The zero-order chi connectivity index (χ0) is 50.0. The molecule has 1 aromatic heterocycles. The molecule has 0 unspecified atom stereocenters. The molecule has 0 aliphatic carbocycles. The zero-order valence-electron chi connectivity index (χ0n) is 36.1. The predicted octanol–water partition coefficient (Wildman–Crippen LogP) is -0.917. The van der Waals surface area contributed by atoms with Gasteiger partial charge in [0.1, 0.15) is 29.7 Å². The summed E-state index contributed by atoms with van der Waals surface area (Å²) in [5.74, 6) is -2.09. The molecule has 0 saturated carbocycles. The van der Waals surface area contributed by atoms with E-state index in [0.29, 0.717) is 34.9 Å². The quantitative estimate of drug-likeness (QED) is 0.227. The summed E-state index contributed by atoms with van der Waals surface area (Å²) in [4.78, 5) is 24.0. The summed E-state index contributed by atoms with van der Waals surface area (Å²) in [6.45, 7) is -26.0. The van der Waals surface area contributed by atoms with E-state index in [1.807, 2.05) is 6.07 Å². The average molecular weight is 1210 g/mol. The Morgan fingerprint density at radius 1 is 0.613 bits per heavy atom. The van der Waals surface area contributed by atoms with Crippen LogP contribution in [0.25, 0.3) is 0 Å². The van der Waals surface area contributed by atoms with Crippen LogP contribution in [0.4, 0.5) is 117 Å². The van der Waals surface area contributed by atoms with Crippen molar-refractivity contribution in [2.75, 3.05) is 31.8 Å². The number of aliphatic carboxylic acids is 2. The van der Waals surface area contributed by atoms with Gasteiger partial charge in [0.25, 0.3) is 0 Å². The number of carboxylic acid groups (broad SMARTS) is 2. The predicted molar refractivity (Wildman–Crippen MR) is 206 cm³/mol. The monoisotopic (exact) mass is 1210 g/mol. The molecule has 0 spiro atoms. The van der Waals surface area contributed by atoms with Gasteiger partial charge in [-0.2, -0.15) is 116 Å². The number of benzene rings is 1. The van der Waals surface area contributed by atoms with Crippen LogP contribution in [-0.4, -0.2) is 177 Å². The lowest BCUT2D eigenvalue weighted by Crippen LogP contribution is -2.21. The molecule has 0 saturated heterocycles. The third-order valence-electron chi connectivity index (χ3n) is 4.20. The molecule has 0 fully saturated rings. The van der Waals surface area contributed by atoms with E-state index in [1.54, 1.807) is 12.1 Å². The molecule has 33 N–H and O–H groups in total. The van der Waals surface area contributed by atoms with Gasteiger partial charge < -0.3 is 112 Å². The van der Waals surface area contributed by atoms with E-state index in [9.17, 15) is 115 Å². The average Bonchev–Trinajstić information content (AvgIpc) is 3.03. The summed E-state index contributed by atoms with van der Waals surface area (Å²) in [7, 11) is 3.04. The fourth-order valence-electron chi connectivity index (χ4n) is 2.77.